The number of benzene rings is 1. The van der Waals surface area contributed by atoms with Crippen molar-refractivity contribution < 1.29 is 30.9 Å². The van der Waals surface area contributed by atoms with Gasteiger partial charge in [0.15, 0.2) is 0 Å². The molecule has 1 rings (SSSR count). The summed E-state index contributed by atoms with van der Waals surface area (Å²) >= 11 is 0. The molecule has 0 heterocycles. The van der Waals surface area contributed by atoms with E-state index in [0.29, 0.717) is 0 Å². The van der Waals surface area contributed by atoms with Gasteiger partial charge in [-0.1, -0.05) is 84.4 Å². The number of hydrogen-bond acceptors (Lipinski definition) is 2. The Morgan fingerprint density at radius 3 is 1.94 bits per heavy atom. The van der Waals surface area contributed by atoms with Crippen molar-refractivity contribution in [3.8, 4) is 5.75 Å². The van der Waals surface area contributed by atoms with E-state index in [0.717, 1.165) is 30.8 Å². The minimum absolute atomic E-state index is 0. The van der Waals surface area contributed by atoms with E-state index in [1.54, 1.807) is 18.2 Å². The Labute approximate surface area is 209 Å². The third-order valence-electron chi connectivity index (χ3n) is 3.09. The Kier molecular flexibility index (Phi) is 39.8. The molecule has 0 aliphatic rings. The van der Waals surface area contributed by atoms with Gasteiger partial charge in [0.25, 0.3) is 0 Å². The summed E-state index contributed by atoms with van der Waals surface area (Å²) < 4.78 is 5.22. The van der Waals surface area contributed by atoms with Crippen LogP contribution < -0.4 is 0 Å². The van der Waals surface area contributed by atoms with E-state index in [2.05, 4.69) is 33.1 Å². The maximum absolute atomic E-state index is 9.50. The van der Waals surface area contributed by atoms with Gasteiger partial charge in [-0.3, -0.25) is 6.08 Å². The summed E-state index contributed by atoms with van der Waals surface area (Å²) in [5, 5.41) is 9.50. The van der Waals surface area contributed by atoms with Crippen LogP contribution in [0.4, 0.5) is 0 Å². The van der Waals surface area contributed by atoms with Crippen molar-refractivity contribution in [2.75, 3.05) is 13.2 Å². The molecule has 0 fully saturated rings. The number of hydrogen-bond donors (Lipinski definition) is 1. The van der Waals surface area contributed by atoms with E-state index >= 15 is 0 Å². The minimum Gasteiger partial charge on any atom is -0.507 e. The Hall–Kier alpha value is -1.37. The second kappa shape index (κ2) is 30.8. The molecular weight excluding hydrogens is 552 g/mol. The van der Waals surface area contributed by atoms with Crippen molar-refractivity contribution in [1.29, 1.82) is 0 Å². The summed E-state index contributed by atoms with van der Waals surface area (Å²) in [6.45, 7) is 25.5. The molecule has 0 atom stereocenters. The summed E-state index contributed by atoms with van der Waals surface area (Å²) in [5.41, 5.74) is 3.99. The standard InChI is InChI=1S/C12H14O.C7H16O.C6H9.C2H6.CH3.W/c1-9(2)8-10(3)11-6-4-5-7-12(11)13;1-3-5-7-8-6-4-2;1-4-5-6(2)3;1-2;;/h4-8,13H,3H2,1-2H3;3-7H2,1-2H3;4H,1H2,2-3H3;1-2H3;1H3;/q;;-1;;-1;+2. The fourth-order valence-electron chi connectivity index (χ4n) is 1.87. The van der Waals surface area contributed by atoms with Crippen molar-refractivity contribution in [1.82, 2.24) is 0 Å². The molecule has 0 saturated carbocycles. The third kappa shape index (κ3) is 30.9. The van der Waals surface area contributed by atoms with Crippen LogP contribution in [0.5, 0.6) is 5.75 Å². The Bertz CT molecular complexity index is 572. The fourth-order valence-corrected chi connectivity index (χ4v) is 1.87. The molecule has 0 amide bonds. The molecule has 0 bridgehead atoms. The molecular formula is C28H48O2W. The number of para-hydroxylation sites is 1. The normalized spacial score (nSPS) is 8.00. The van der Waals surface area contributed by atoms with Gasteiger partial charge in [-0.05, 0) is 38.3 Å². The molecule has 3 heteroatoms. The fraction of sp³-hybridized carbons (Fsp3) is 0.464. The van der Waals surface area contributed by atoms with Crippen LogP contribution in [0.3, 0.4) is 0 Å². The molecule has 1 N–H and O–H groups in total. The average molecular weight is 601 g/mol. The smallest absolute Gasteiger partial charge is 0.507 e. The molecule has 0 aliphatic heterocycles. The Morgan fingerprint density at radius 2 is 1.58 bits per heavy atom. The van der Waals surface area contributed by atoms with E-state index in [-0.39, 0.29) is 34.2 Å². The van der Waals surface area contributed by atoms with Crippen LogP contribution in [0, 0.1) is 13.5 Å². The van der Waals surface area contributed by atoms with E-state index in [9.17, 15) is 5.11 Å². The maximum atomic E-state index is 9.50. The van der Waals surface area contributed by atoms with Gasteiger partial charge >= 0.3 is 21.1 Å². The quantitative estimate of drug-likeness (QED) is 0.183. The van der Waals surface area contributed by atoms with Crippen LogP contribution in [0.25, 0.3) is 5.57 Å². The molecule has 0 unspecified atom stereocenters. The molecule has 1 aromatic carbocycles. The van der Waals surface area contributed by atoms with Crippen molar-refractivity contribution >= 4 is 5.57 Å². The molecule has 1 aromatic rings. The van der Waals surface area contributed by atoms with Crippen molar-refractivity contribution in [3.05, 3.63) is 79.8 Å². The summed E-state index contributed by atoms with van der Waals surface area (Å²) in [4.78, 5) is 0. The zero-order valence-corrected chi connectivity index (χ0v) is 24.6. The molecule has 0 saturated heterocycles. The van der Waals surface area contributed by atoms with Crippen LogP contribution in [-0.4, -0.2) is 18.3 Å². The van der Waals surface area contributed by atoms with Crippen LogP contribution in [0.1, 0.15) is 80.2 Å². The van der Waals surface area contributed by atoms with Gasteiger partial charge in [0.05, 0.1) is 0 Å². The zero-order chi connectivity index (χ0) is 23.1. The van der Waals surface area contributed by atoms with E-state index in [4.69, 9.17) is 4.74 Å². The molecule has 178 valence electrons. The second-order valence-corrected chi connectivity index (χ2v) is 6.58. The van der Waals surface area contributed by atoms with Crippen molar-refractivity contribution in [2.45, 2.75) is 74.7 Å². The number of ether oxygens (including phenoxy) is 1. The Morgan fingerprint density at radius 1 is 1.03 bits per heavy atom. The number of phenolic OH excluding ortho intramolecular Hbond substituents is 1. The number of allylic oxidation sites excluding steroid dienone is 6. The van der Waals surface area contributed by atoms with Gasteiger partial charge in [0.1, 0.15) is 5.75 Å². The van der Waals surface area contributed by atoms with Crippen LogP contribution in [0.15, 0.2) is 60.7 Å². The first-order valence-corrected chi connectivity index (χ1v) is 10.7. The monoisotopic (exact) mass is 600 g/mol. The maximum Gasteiger partial charge on any atom is 2.00 e. The van der Waals surface area contributed by atoms with Crippen molar-refractivity contribution in [3.63, 3.8) is 0 Å². The molecule has 0 aromatic heterocycles. The van der Waals surface area contributed by atoms with Gasteiger partial charge in [0.2, 0.25) is 0 Å². The first-order valence-electron chi connectivity index (χ1n) is 10.7. The number of rotatable bonds is 8. The van der Waals surface area contributed by atoms with Crippen molar-refractivity contribution in [2.24, 2.45) is 0 Å². The van der Waals surface area contributed by atoms with Crippen LogP contribution >= 0.6 is 0 Å². The zero-order valence-electron chi connectivity index (χ0n) is 21.7. The molecule has 0 spiro atoms. The molecule has 31 heavy (non-hydrogen) atoms. The second-order valence-electron chi connectivity index (χ2n) is 6.58. The van der Waals surface area contributed by atoms with Gasteiger partial charge in [0, 0.05) is 18.8 Å². The topological polar surface area (TPSA) is 29.5 Å². The summed E-state index contributed by atoms with van der Waals surface area (Å²) in [6, 6.07) is 7.21. The van der Waals surface area contributed by atoms with E-state index < -0.39 is 0 Å². The largest absolute Gasteiger partial charge is 2.00 e. The van der Waals surface area contributed by atoms with E-state index in [1.807, 2.05) is 59.8 Å². The van der Waals surface area contributed by atoms with Gasteiger partial charge in [-0.2, -0.15) is 5.57 Å². The SMILES string of the molecule is C=C(C=C(C)C)c1ccccc1O.C=C[C-]=C(C)C.CC.CCCCOCCC.[CH3-].[W+2]. The Balaban J connectivity index is -0.000000109. The number of phenols is 1. The first-order chi connectivity index (χ1) is 13.8. The average Bonchev–Trinajstić information content (AvgIpc) is 2.67. The van der Waals surface area contributed by atoms with Crippen LogP contribution in [-0.2, 0) is 25.8 Å². The van der Waals surface area contributed by atoms with Crippen LogP contribution in [0.2, 0.25) is 0 Å². The van der Waals surface area contributed by atoms with E-state index in [1.165, 1.54) is 24.0 Å². The molecule has 0 radical (unpaired) electrons. The summed E-state index contributed by atoms with van der Waals surface area (Å²) in [7, 11) is 0. The van der Waals surface area contributed by atoms with Gasteiger partial charge in [-0.15, -0.1) is 0 Å². The predicted molar refractivity (Wildman–Crippen MR) is 139 cm³/mol. The summed E-state index contributed by atoms with van der Waals surface area (Å²) in [5.74, 6) is 0.282. The summed E-state index contributed by atoms with van der Waals surface area (Å²) in [6.07, 6.45) is 10.1. The molecule has 0 aliphatic carbocycles. The minimum atomic E-state index is 0. The molecule has 2 nitrogen and oxygen atoms in total. The predicted octanol–water partition coefficient (Wildman–Crippen LogP) is 9.00. The van der Waals surface area contributed by atoms with Gasteiger partial charge < -0.3 is 17.3 Å². The number of unbranched alkanes of at least 4 members (excludes halogenated alkanes) is 1. The third-order valence-corrected chi connectivity index (χ3v) is 3.09. The van der Waals surface area contributed by atoms with Gasteiger partial charge in [-0.25, -0.2) is 12.7 Å². The first kappa shape index (κ1) is 40.0. The number of aromatic hydroxyl groups is 1.